The number of aliphatic hydroxyl groups is 2. The van der Waals surface area contributed by atoms with Crippen LogP contribution in [0.5, 0.6) is 0 Å². The Labute approximate surface area is 164 Å². The molecule has 0 aliphatic heterocycles. The fourth-order valence-electron chi connectivity index (χ4n) is 1.96. The highest BCUT2D eigenvalue weighted by Gasteiger charge is 2.26. The van der Waals surface area contributed by atoms with Gasteiger partial charge in [-0.25, -0.2) is 0 Å². The van der Waals surface area contributed by atoms with Crippen LogP contribution >= 0.6 is 24.4 Å². The van der Waals surface area contributed by atoms with Crippen molar-refractivity contribution in [1.29, 1.82) is 5.26 Å². The van der Waals surface area contributed by atoms with Gasteiger partial charge in [0.05, 0.1) is 0 Å². The lowest BCUT2D eigenvalue weighted by molar-refractivity contribution is 0.118. The minimum Gasteiger partial charge on any atom is -0.499 e. The first-order valence-electron chi connectivity index (χ1n) is 8.00. The number of hydrogen-bond acceptors (Lipinski definition) is 5. The molecule has 0 aliphatic rings. The first-order valence-corrected chi connectivity index (χ1v) is 8.82. The Morgan fingerprint density at radius 3 is 1.92 bits per heavy atom. The Hall–Kier alpha value is -2.33. The topological polar surface area (TPSA) is 73.5 Å². The normalized spacial score (nSPS) is 11.9. The predicted molar refractivity (Wildman–Crippen MR) is 110 cm³/mol. The van der Waals surface area contributed by atoms with Crippen LogP contribution in [-0.4, -0.2) is 32.5 Å². The molecule has 0 amide bonds. The summed E-state index contributed by atoms with van der Waals surface area (Å²) in [6.45, 7) is 1.72. The van der Waals surface area contributed by atoms with Crippen LogP contribution in [0.2, 0.25) is 0 Å². The van der Waals surface area contributed by atoms with Crippen molar-refractivity contribution in [2.24, 2.45) is 0 Å². The second-order valence-corrected chi connectivity index (χ2v) is 6.35. The van der Waals surface area contributed by atoms with Gasteiger partial charge in [-0.3, -0.25) is 0 Å². The highest BCUT2D eigenvalue weighted by molar-refractivity contribution is 7.80. The molecule has 4 nitrogen and oxygen atoms in total. The highest BCUT2D eigenvalue weighted by atomic mass is 32.1. The van der Waals surface area contributed by atoms with E-state index in [-0.39, 0.29) is 11.7 Å². The zero-order valence-corrected chi connectivity index (χ0v) is 16.1. The molecule has 1 atom stereocenters. The van der Waals surface area contributed by atoms with Crippen molar-refractivity contribution in [1.82, 2.24) is 0 Å². The monoisotopic (exact) mass is 387 g/mol. The minimum absolute atomic E-state index is 0.0404. The smallest absolute Gasteiger partial charge is 0.193 e. The van der Waals surface area contributed by atoms with E-state index < -0.39 is 5.60 Å². The summed E-state index contributed by atoms with van der Waals surface area (Å²) in [4.78, 5) is 0. The van der Waals surface area contributed by atoms with E-state index in [1.807, 2.05) is 48.5 Å². The van der Waals surface area contributed by atoms with Gasteiger partial charge in [0, 0.05) is 24.2 Å². The standard InChI is InChI=1S/C13H15NO2S.C7H6OS/c1-13(10-14,8-5-9-15)16-12(17)11-6-3-2-4-7-11;8-7(9)6-4-2-1-3-5-6/h2-4,6-7,15H,5,8-9H2,1H3;1-5H,(H,8,9). The van der Waals surface area contributed by atoms with E-state index in [2.05, 4.69) is 18.3 Å². The maximum atomic E-state index is 9.09. The molecule has 0 radical (unpaired) electrons. The number of nitriles is 1. The van der Waals surface area contributed by atoms with Gasteiger partial charge in [-0.05, 0) is 37.8 Å². The maximum Gasteiger partial charge on any atom is 0.193 e. The van der Waals surface area contributed by atoms with Gasteiger partial charge in [-0.2, -0.15) is 5.26 Å². The van der Waals surface area contributed by atoms with Crippen molar-refractivity contribution < 1.29 is 14.9 Å². The summed E-state index contributed by atoms with van der Waals surface area (Å²) in [5, 5.41) is 26.9. The number of nitrogens with zero attached hydrogens (tertiary/aromatic N) is 1. The number of aliphatic hydroxyl groups excluding tert-OH is 2. The molecule has 0 spiro atoms. The van der Waals surface area contributed by atoms with Crippen LogP contribution < -0.4 is 0 Å². The van der Waals surface area contributed by atoms with E-state index >= 15 is 0 Å². The second kappa shape index (κ2) is 11.3. The zero-order chi connectivity index (χ0) is 19.4. The van der Waals surface area contributed by atoms with Gasteiger partial charge in [0.1, 0.15) is 6.07 Å². The molecule has 0 aromatic heterocycles. The van der Waals surface area contributed by atoms with Crippen LogP contribution in [0.25, 0.3) is 0 Å². The van der Waals surface area contributed by atoms with E-state index in [1.165, 1.54) is 0 Å². The summed E-state index contributed by atoms with van der Waals surface area (Å²) in [6, 6.07) is 20.5. The van der Waals surface area contributed by atoms with E-state index in [9.17, 15) is 0 Å². The molecule has 0 aliphatic carbocycles. The SMILES string of the molecule is CC(C#N)(CCCO)OC(=S)c1ccccc1.OC(=S)c1ccccc1. The molecule has 0 heterocycles. The minimum atomic E-state index is -0.977. The van der Waals surface area contributed by atoms with Gasteiger partial charge in [0.2, 0.25) is 0 Å². The fourth-order valence-corrected chi connectivity index (χ4v) is 2.42. The van der Waals surface area contributed by atoms with E-state index in [0.717, 1.165) is 5.56 Å². The summed E-state index contributed by atoms with van der Waals surface area (Å²) in [7, 11) is 0. The summed E-state index contributed by atoms with van der Waals surface area (Å²) >= 11 is 9.67. The molecule has 0 fully saturated rings. The maximum absolute atomic E-state index is 9.09. The lowest BCUT2D eigenvalue weighted by Crippen LogP contribution is -2.29. The zero-order valence-electron chi connectivity index (χ0n) is 14.5. The average molecular weight is 388 g/mol. The summed E-state index contributed by atoms with van der Waals surface area (Å²) < 4.78 is 5.53. The molecule has 2 aromatic carbocycles. The lowest BCUT2D eigenvalue weighted by Gasteiger charge is -2.23. The first-order chi connectivity index (χ1) is 12.4. The molecule has 1 unspecified atom stereocenters. The van der Waals surface area contributed by atoms with Crippen LogP contribution in [-0.2, 0) is 4.74 Å². The van der Waals surface area contributed by atoms with Crippen molar-refractivity contribution in [2.75, 3.05) is 6.61 Å². The van der Waals surface area contributed by atoms with Crippen LogP contribution in [0.3, 0.4) is 0 Å². The van der Waals surface area contributed by atoms with Gasteiger partial charge in [0.25, 0.3) is 0 Å². The number of hydrogen-bond donors (Lipinski definition) is 2. The molecule has 0 saturated carbocycles. The quantitative estimate of drug-likeness (QED) is 0.718. The number of rotatable bonds is 6. The summed E-state index contributed by atoms with van der Waals surface area (Å²) in [6.07, 6.45) is 0.967. The Morgan fingerprint density at radius 1 is 1.04 bits per heavy atom. The van der Waals surface area contributed by atoms with Crippen molar-refractivity contribution in [3.8, 4) is 6.07 Å². The van der Waals surface area contributed by atoms with E-state index in [1.54, 1.807) is 19.1 Å². The summed E-state index contributed by atoms with van der Waals surface area (Å²) in [5.74, 6) is 0. The molecule has 2 N–H and O–H groups in total. The molecule has 2 aromatic rings. The molecule has 2 rings (SSSR count). The van der Waals surface area contributed by atoms with Crippen LogP contribution in [0.1, 0.15) is 30.9 Å². The van der Waals surface area contributed by atoms with Gasteiger partial charge in [-0.15, -0.1) is 0 Å². The lowest BCUT2D eigenvalue weighted by atomic mass is 10.0. The number of benzene rings is 2. The average Bonchev–Trinajstić information content (AvgIpc) is 2.68. The van der Waals surface area contributed by atoms with Crippen molar-refractivity contribution >= 4 is 34.5 Å². The third-order valence-corrected chi connectivity index (χ3v) is 3.95. The van der Waals surface area contributed by atoms with E-state index in [0.29, 0.717) is 23.5 Å². The van der Waals surface area contributed by atoms with Crippen LogP contribution in [0, 0.1) is 11.3 Å². The Kier molecular flexibility index (Phi) is 9.45. The third kappa shape index (κ3) is 7.70. The Morgan fingerprint density at radius 2 is 1.54 bits per heavy atom. The van der Waals surface area contributed by atoms with Gasteiger partial charge < -0.3 is 14.9 Å². The van der Waals surface area contributed by atoms with Crippen LogP contribution in [0.4, 0.5) is 0 Å². The first kappa shape index (κ1) is 21.7. The number of ether oxygens (including phenoxy) is 1. The van der Waals surface area contributed by atoms with Gasteiger partial charge >= 0.3 is 0 Å². The predicted octanol–water partition coefficient (Wildman–Crippen LogP) is 4.35. The van der Waals surface area contributed by atoms with Gasteiger partial charge in [0.15, 0.2) is 15.7 Å². The largest absolute Gasteiger partial charge is 0.499 e. The van der Waals surface area contributed by atoms with Crippen molar-refractivity contribution in [2.45, 2.75) is 25.4 Å². The molecule has 26 heavy (non-hydrogen) atoms. The molecule has 0 saturated heterocycles. The molecule has 6 heteroatoms. The molecular weight excluding hydrogens is 366 g/mol. The highest BCUT2D eigenvalue weighted by Crippen LogP contribution is 2.19. The summed E-state index contributed by atoms with van der Waals surface area (Å²) in [5.41, 5.74) is 0.510. The Bertz CT molecular complexity index is 745. The molecular formula is C20H21NO3S2. The molecule has 136 valence electrons. The Balaban J connectivity index is 0.000000314. The second-order valence-electron chi connectivity index (χ2n) is 5.60. The van der Waals surface area contributed by atoms with Crippen molar-refractivity contribution in [3.63, 3.8) is 0 Å². The third-order valence-electron chi connectivity index (χ3n) is 3.40. The van der Waals surface area contributed by atoms with Gasteiger partial charge in [-0.1, -0.05) is 60.7 Å². The van der Waals surface area contributed by atoms with Crippen LogP contribution in [0.15, 0.2) is 60.7 Å². The van der Waals surface area contributed by atoms with Crippen molar-refractivity contribution in [3.05, 3.63) is 71.8 Å². The number of thiocarbonyl (C=S) groups is 2. The van der Waals surface area contributed by atoms with E-state index in [4.69, 9.17) is 32.4 Å². The molecule has 0 bridgehead atoms. The fraction of sp³-hybridized carbons (Fsp3) is 0.250.